The molecule has 0 bridgehead atoms. The van der Waals surface area contributed by atoms with Gasteiger partial charge in [-0.05, 0) is 87.9 Å². The lowest BCUT2D eigenvalue weighted by molar-refractivity contribution is 0.109. The van der Waals surface area contributed by atoms with Crippen molar-refractivity contribution in [3.63, 3.8) is 0 Å². The van der Waals surface area contributed by atoms with Gasteiger partial charge in [0, 0.05) is 24.3 Å². The molecular weight excluding hydrogens is 356 g/mol. The third kappa shape index (κ3) is 4.70. The van der Waals surface area contributed by atoms with Crippen molar-refractivity contribution in [2.45, 2.75) is 57.5 Å². The fourth-order valence-electron chi connectivity index (χ4n) is 4.50. The average molecular weight is 387 g/mol. The molecule has 3 aromatic rings. The van der Waals surface area contributed by atoms with E-state index in [4.69, 9.17) is 9.97 Å². The first kappa shape index (κ1) is 19.7. The molecule has 0 radical (unpaired) electrons. The maximum atomic E-state index is 5.05. The smallest absolute Gasteiger partial charge is 0.0604 e. The van der Waals surface area contributed by atoms with Gasteiger partial charge in [0.05, 0.1) is 23.5 Å². The van der Waals surface area contributed by atoms with Crippen molar-refractivity contribution >= 4 is 0 Å². The van der Waals surface area contributed by atoms with Crippen LogP contribution in [0, 0.1) is 6.92 Å². The van der Waals surface area contributed by atoms with Crippen LogP contribution in [0.3, 0.4) is 0 Å². The summed E-state index contributed by atoms with van der Waals surface area (Å²) in [7, 11) is 2.24. The Hall–Kier alpha value is -2.59. The van der Waals surface area contributed by atoms with Gasteiger partial charge in [-0.15, -0.1) is 0 Å². The van der Waals surface area contributed by atoms with Crippen molar-refractivity contribution in [2.24, 2.45) is 0 Å². The summed E-state index contributed by atoms with van der Waals surface area (Å²) in [6.45, 7) is 2.17. The lowest BCUT2D eigenvalue weighted by Crippen LogP contribution is -2.34. The number of piperidine rings is 1. The van der Waals surface area contributed by atoms with Gasteiger partial charge in [-0.2, -0.15) is 0 Å². The minimum Gasteiger partial charge on any atom is -0.289 e. The Balaban J connectivity index is 1.45. The summed E-state index contributed by atoms with van der Waals surface area (Å²) in [6, 6.07) is 15.6. The number of pyridine rings is 3. The van der Waals surface area contributed by atoms with Crippen molar-refractivity contribution < 1.29 is 0 Å². The van der Waals surface area contributed by atoms with Gasteiger partial charge in [0.1, 0.15) is 0 Å². The minimum atomic E-state index is 0.355. The molecule has 0 saturated carbocycles. The molecule has 1 aliphatic heterocycles. The third-order valence-corrected chi connectivity index (χ3v) is 6.09. The molecule has 1 saturated heterocycles. The minimum absolute atomic E-state index is 0.355. The first-order valence-electron chi connectivity index (χ1n) is 10.7. The van der Waals surface area contributed by atoms with E-state index in [-0.39, 0.29) is 0 Å². The molecule has 4 heterocycles. The molecule has 0 spiro atoms. The van der Waals surface area contributed by atoms with Gasteiger partial charge in [-0.25, -0.2) is 0 Å². The molecule has 0 unspecified atom stereocenters. The Kier molecular flexibility index (Phi) is 6.30. The van der Waals surface area contributed by atoms with Gasteiger partial charge >= 0.3 is 0 Å². The Bertz CT molecular complexity index is 925. The van der Waals surface area contributed by atoms with Crippen molar-refractivity contribution in [1.82, 2.24) is 19.9 Å². The Morgan fingerprint density at radius 1 is 0.966 bits per heavy atom. The number of nitrogens with zero attached hydrogens (tertiary/aromatic N) is 4. The van der Waals surface area contributed by atoms with E-state index < -0.39 is 0 Å². The maximum Gasteiger partial charge on any atom is 0.0604 e. The van der Waals surface area contributed by atoms with Crippen LogP contribution in [-0.2, 0) is 12.8 Å². The molecule has 3 aromatic heterocycles. The second-order valence-electron chi connectivity index (χ2n) is 8.10. The normalized spacial score (nSPS) is 19.9. The first-order chi connectivity index (χ1) is 14.2. The monoisotopic (exact) mass is 386 g/mol. The highest BCUT2D eigenvalue weighted by molar-refractivity contribution is 5.23. The standard InChI is InChI=1S/C25H30N4/c1-19-8-6-17-27-25(19)24-15-5-14-23(29(24)2)22-13-4-12-21(28-22)11-3-9-20-10-7-16-26-18-20/h4,6-8,10,12-13,16-18,23-24H,3,5,9,11,14-15H2,1-2H3/t23-,24+/m1/s1. The number of likely N-dealkylation sites (tertiary alicyclic amines) is 1. The van der Waals surface area contributed by atoms with E-state index >= 15 is 0 Å². The number of hydrogen-bond acceptors (Lipinski definition) is 4. The van der Waals surface area contributed by atoms with Crippen molar-refractivity contribution in [2.75, 3.05) is 7.05 Å². The first-order valence-corrected chi connectivity index (χ1v) is 10.7. The molecule has 150 valence electrons. The Labute approximate surface area is 174 Å². The van der Waals surface area contributed by atoms with Gasteiger partial charge in [-0.3, -0.25) is 19.9 Å². The second-order valence-corrected chi connectivity index (χ2v) is 8.10. The predicted molar refractivity (Wildman–Crippen MR) is 117 cm³/mol. The summed E-state index contributed by atoms with van der Waals surface area (Å²) >= 11 is 0. The van der Waals surface area contributed by atoms with Crippen molar-refractivity contribution in [3.05, 3.63) is 89.3 Å². The van der Waals surface area contributed by atoms with Crippen LogP contribution >= 0.6 is 0 Å². The average Bonchev–Trinajstić information content (AvgIpc) is 2.76. The molecule has 4 heteroatoms. The molecule has 2 atom stereocenters. The molecule has 1 fully saturated rings. The van der Waals surface area contributed by atoms with Crippen LogP contribution in [0.1, 0.15) is 66.0 Å². The van der Waals surface area contributed by atoms with Crippen LogP contribution in [0.25, 0.3) is 0 Å². The lowest BCUT2D eigenvalue weighted by Gasteiger charge is -2.39. The summed E-state index contributed by atoms with van der Waals surface area (Å²) in [6.07, 6.45) is 12.4. The Morgan fingerprint density at radius 3 is 2.66 bits per heavy atom. The van der Waals surface area contributed by atoms with E-state index in [9.17, 15) is 0 Å². The summed E-state index contributed by atoms with van der Waals surface area (Å²) in [5.74, 6) is 0. The van der Waals surface area contributed by atoms with E-state index in [1.54, 1.807) is 0 Å². The summed E-state index contributed by atoms with van der Waals surface area (Å²) < 4.78 is 0. The summed E-state index contributed by atoms with van der Waals surface area (Å²) in [4.78, 5) is 16.4. The van der Waals surface area contributed by atoms with Gasteiger partial charge in [0.25, 0.3) is 0 Å². The predicted octanol–water partition coefficient (Wildman–Crippen LogP) is 5.25. The highest BCUT2D eigenvalue weighted by atomic mass is 15.2. The van der Waals surface area contributed by atoms with E-state index in [0.29, 0.717) is 12.1 Å². The number of rotatable bonds is 6. The number of aromatic nitrogens is 3. The van der Waals surface area contributed by atoms with Crippen LogP contribution in [0.5, 0.6) is 0 Å². The van der Waals surface area contributed by atoms with E-state index in [2.05, 4.69) is 54.2 Å². The molecule has 1 aliphatic rings. The zero-order valence-electron chi connectivity index (χ0n) is 17.5. The fourth-order valence-corrected chi connectivity index (χ4v) is 4.50. The number of aryl methyl sites for hydroxylation is 3. The molecule has 0 amide bonds. The molecule has 4 rings (SSSR count). The van der Waals surface area contributed by atoms with Crippen LogP contribution in [-0.4, -0.2) is 26.9 Å². The zero-order valence-corrected chi connectivity index (χ0v) is 17.5. The quantitative estimate of drug-likeness (QED) is 0.580. The highest BCUT2D eigenvalue weighted by Crippen LogP contribution is 2.39. The zero-order chi connectivity index (χ0) is 20.1. The Morgan fingerprint density at radius 2 is 1.83 bits per heavy atom. The van der Waals surface area contributed by atoms with Crippen LogP contribution in [0.15, 0.2) is 61.1 Å². The van der Waals surface area contributed by atoms with Crippen LogP contribution in [0.2, 0.25) is 0 Å². The van der Waals surface area contributed by atoms with E-state index in [1.165, 1.54) is 34.6 Å². The van der Waals surface area contributed by atoms with Crippen molar-refractivity contribution in [3.8, 4) is 0 Å². The van der Waals surface area contributed by atoms with Gasteiger partial charge in [0.15, 0.2) is 0 Å². The van der Waals surface area contributed by atoms with Crippen LogP contribution in [0.4, 0.5) is 0 Å². The van der Waals surface area contributed by atoms with Gasteiger partial charge in [-0.1, -0.05) is 18.2 Å². The molecule has 0 aromatic carbocycles. The molecule has 4 nitrogen and oxygen atoms in total. The van der Waals surface area contributed by atoms with Crippen molar-refractivity contribution in [1.29, 1.82) is 0 Å². The summed E-state index contributed by atoms with van der Waals surface area (Å²) in [5.41, 5.74) is 6.18. The molecular formula is C25H30N4. The van der Waals surface area contributed by atoms with E-state index in [1.807, 2.05) is 30.7 Å². The van der Waals surface area contributed by atoms with Gasteiger partial charge in [0.2, 0.25) is 0 Å². The van der Waals surface area contributed by atoms with E-state index in [0.717, 1.165) is 32.1 Å². The number of hydrogen-bond donors (Lipinski definition) is 0. The summed E-state index contributed by atoms with van der Waals surface area (Å²) in [5, 5.41) is 0. The largest absolute Gasteiger partial charge is 0.289 e. The third-order valence-electron chi connectivity index (χ3n) is 6.09. The molecule has 29 heavy (non-hydrogen) atoms. The second kappa shape index (κ2) is 9.27. The SMILES string of the molecule is Cc1cccnc1[C@@H]1CCC[C@H](c2cccc(CCCc3cccnc3)n2)N1C. The molecule has 0 aliphatic carbocycles. The van der Waals surface area contributed by atoms with Gasteiger partial charge < -0.3 is 0 Å². The molecule has 0 N–H and O–H groups in total. The highest BCUT2D eigenvalue weighted by Gasteiger charge is 2.31. The topological polar surface area (TPSA) is 41.9 Å². The van der Waals surface area contributed by atoms with Crippen LogP contribution < -0.4 is 0 Å². The maximum absolute atomic E-state index is 5.05. The lowest BCUT2D eigenvalue weighted by atomic mass is 9.90. The fraction of sp³-hybridized carbons (Fsp3) is 0.400.